The van der Waals surface area contributed by atoms with Gasteiger partial charge in [-0.2, -0.15) is 0 Å². The maximum atomic E-state index is 12.7. The van der Waals surface area contributed by atoms with E-state index in [1.54, 1.807) is 37.3 Å². The molecule has 0 bridgehead atoms. The highest BCUT2D eigenvalue weighted by molar-refractivity contribution is 7.92. The molecule has 0 saturated heterocycles. The number of amides is 1. The molecule has 4 rings (SSSR count). The zero-order valence-corrected chi connectivity index (χ0v) is 17.7. The van der Waals surface area contributed by atoms with Gasteiger partial charge >= 0.3 is 0 Å². The Kier molecular flexibility index (Phi) is 5.81. The largest absolute Gasteiger partial charge is 0.486 e. The molecule has 0 atom stereocenters. The number of nitrogens with one attached hydrogen (secondary N) is 2. The van der Waals surface area contributed by atoms with E-state index in [0.29, 0.717) is 48.1 Å². The van der Waals surface area contributed by atoms with Gasteiger partial charge in [0.25, 0.3) is 15.9 Å². The Morgan fingerprint density at radius 3 is 2.45 bits per heavy atom. The fourth-order valence-electron chi connectivity index (χ4n) is 3.16. The Bertz CT molecular complexity index is 1210. The van der Waals surface area contributed by atoms with E-state index in [1.165, 1.54) is 18.2 Å². The molecule has 1 heterocycles. The van der Waals surface area contributed by atoms with Gasteiger partial charge < -0.3 is 14.8 Å². The third-order valence-corrected chi connectivity index (χ3v) is 6.24. The SMILES string of the molecule is Cc1ccc(C(=O)NCc2ccc3c(c2)OCCO3)cc1NS(=O)(=O)c1ccccc1. The molecule has 160 valence electrons. The summed E-state index contributed by atoms with van der Waals surface area (Å²) < 4.78 is 38.9. The number of aryl methyl sites for hydroxylation is 1. The van der Waals surface area contributed by atoms with Gasteiger partial charge in [0.15, 0.2) is 11.5 Å². The maximum absolute atomic E-state index is 12.7. The molecule has 0 fully saturated rings. The molecule has 0 saturated carbocycles. The van der Waals surface area contributed by atoms with Crippen molar-refractivity contribution in [1.29, 1.82) is 0 Å². The average Bonchev–Trinajstić information content (AvgIpc) is 2.79. The number of rotatable bonds is 6. The maximum Gasteiger partial charge on any atom is 0.261 e. The third-order valence-electron chi connectivity index (χ3n) is 4.86. The lowest BCUT2D eigenvalue weighted by molar-refractivity contribution is 0.0951. The highest BCUT2D eigenvalue weighted by atomic mass is 32.2. The minimum atomic E-state index is -3.75. The summed E-state index contributed by atoms with van der Waals surface area (Å²) in [7, 11) is -3.75. The van der Waals surface area contributed by atoms with E-state index < -0.39 is 10.0 Å². The predicted octanol–water partition coefficient (Wildman–Crippen LogP) is 3.50. The molecule has 0 unspecified atom stereocenters. The van der Waals surface area contributed by atoms with Gasteiger partial charge in [0, 0.05) is 12.1 Å². The Hall–Kier alpha value is -3.52. The van der Waals surface area contributed by atoms with Crippen molar-refractivity contribution in [3.05, 3.63) is 83.4 Å². The van der Waals surface area contributed by atoms with Gasteiger partial charge in [-0.1, -0.05) is 30.3 Å². The number of sulfonamides is 1. The summed E-state index contributed by atoms with van der Waals surface area (Å²) in [5.41, 5.74) is 2.29. The van der Waals surface area contributed by atoms with Crippen molar-refractivity contribution in [2.45, 2.75) is 18.4 Å². The van der Waals surface area contributed by atoms with Crippen LogP contribution < -0.4 is 19.5 Å². The number of hydrogen-bond acceptors (Lipinski definition) is 5. The lowest BCUT2D eigenvalue weighted by atomic mass is 10.1. The first-order valence-corrected chi connectivity index (χ1v) is 11.3. The van der Waals surface area contributed by atoms with Crippen molar-refractivity contribution in [3.63, 3.8) is 0 Å². The van der Waals surface area contributed by atoms with Crippen LogP contribution in [0.5, 0.6) is 11.5 Å². The van der Waals surface area contributed by atoms with Crippen molar-refractivity contribution in [2.24, 2.45) is 0 Å². The Labute approximate surface area is 181 Å². The molecule has 31 heavy (non-hydrogen) atoms. The predicted molar refractivity (Wildman–Crippen MR) is 117 cm³/mol. The minimum absolute atomic E-state index is 0.155. The summed E-state index contributed by atoms with van der Waals surface area (Å²) in [6, 6.07) is 18.5. The number of carbonyl (C=O) groups is 1. The second kappa shape index (κ2) is 8.69. The smallest absolute Gasteiger partial charge is 0.261 e. The van der Waals surface area contributed by atoms with E-state index in [9.17, 15) is 13.2 Å². The third kappa shape index (κ3) is 4.80. The monoisotopic (exact) mass is 438 g/mol. The zero-order valence-electron chi connectivity index (χ0n) is 16.9. The Morgan fingerprint density at radius 1 is 0.935 bits per heavy atom. The molecule has 3 aromatic rings. The van der Waals surface area contributed by atoms with Gasteiger partial charge in [-0.25, -0.2) is 8.42 Å². The Balaban J connectivity index is 1.47. The molecule has 0 aromatic heterocycles. The first kappa shape index (κ1) is 20.7. The van der Waals surface area contributed by atoms with E-state index in [4.69, 9.17) is 9.47 Å². The number of anilines is 1. The molecule has 1 aliphatic heterocycles. The number of hydrogen-bond donors (Lipinski definition) is 2. The van der Waals surface area contributed by atoms with Crippen molar-refractivity contribution in [3.8, 4) is 11.5 Å². The summed E-state index contributed by atoms with van der Waals surface area (Å²) in [5.74, 6) is 1.04. The normalized spacial score (nSPS) is 12.8. The van der Waals surface area contributed by atoms with E-state index in [-0.39, 0.29) is 10.8 Å². The van der Waals surface area contributed by atoms with Gasteiger partial charge in [-0.05, 0) is 54.4 Å². The van der Waals surface area contributed by atoms with Crippen LogP contribution in [0.3, 0.4) is 0 Å². The molecule has 0 aliphatic carbocycles. The molecule has 7 nitrogen and oxygen atoms in total. The van der Waals surface area contributed by atoms with Crippen LogP contribution >= 0.6 is 0 Å². The molecular weight excluding hydrogens is 416 g/mol. The molecule has 1 amide bonds. The lowest BCUT2D eigenvalue weighted by Gasteiger charge is -2.19. The number of benzene rings is 3. The van der Waals surface area contributed by atoms with Crippen LogP contribution in [0.25, 0.3) is 0 Å². The topological polar surface area (TPSA) is 93.7 Å². The molecular formula is C23H22N2O5S. The van der Waals surface area contributed by atoms with Gasteiger partial charge in [0.1, 0.15) is 13.2 Å². The first-order chi connectivity index (χ1) is 14.9. The van der Waals surface area contributed by atoms with Gasteiger partial charge in [0.05, 0.1) is 10.6 Å². The Morgan fingerprint density at radius 2 is 1.68 bits per heavy atom. The highest BCUT2D eigenvalue weighted by Crippen LogP contribution is 2.30. The van der Waals surface area contributed by atoms with E-state index in [0.717, 1.165) is 5.56 Å². The van der Waals surface area contributed by atoms with Crippen LogP contribution in [-0.2, 0) is 16.6 Å². The van der Waals surface area contributed by atoms with Gasteiger partial charge in [0.2, 0.25) is 0 Å². The molecule has 0 radical (unpaired) electrons. The number of carbonyl (C=O) groups excluding carboxylic acids is 1. The summed E-state index contributed by atoms with van der Waals surface area (Å²) in [5, 5.41) is 2.85. The lowest BCUT2D eigenvalue weighted by Crippen LogP contribution is -2.23. The fourth-order valence-corrected chi connectivity index (χ4v) is 4.30. The minimum Gasteiger partial charge on any atom is -0.486 e. The second-order valence-electron chi connectivity index (χ2n) is 7.11. The number of fused-ring (bicyclic) bond motifs is 1. The zero-order chi connectivity index (χ0) is 21.8. The van der Waals surface area contributed by atoms with E-state index >= 15 is 0 Å². The quantitative estimate of drug-likeness (QED) is 0.614. The number of ether oxygens (including phenoxy) is 2. The summed E-state index contributed by atoms with van der Waals surface area (Å²) in [4.78, 5) is 12.8. The van der Waals surface area contributed by atoms with E-state index in [1.807, 2.05) is 18.2 Å². The molecule has 2 N–H and O–H groups in total. The molecule has 8 heteroatoms. The second-order valence-corrected chi connectivity index (χ2v) is 8.79. The summed E-state index contributed by atoms with van der Waals surface area (Å²) in [6.07, 6.45) is 0. The van der Waals surface area contributed by atoms with Gasteiger partial charge in [-0.15, -0.1) is 0 Å². The van der Waals surface area contributed by atoms with Gasteiger partial charge in [-0.3, -0.25) is 9.52 Å². The van der Waals surface area contributed by atoms with Crippen LogP contribution in [0.4, 0.5) is 5.69 Å². The van der Waals surface area contributed by atoms with Crippen molar-refractivity contribution >= 4 is 21.6 Å². The molecule has 3 aromatic carbocycles. The molecule has 1 aliphatic rings. The fraction of sp³-hybridized carbons (Fsp3) is 0.174. The van der Waals surface area contributed by atoms with Crippen molar-refractivity contribution in [1.82, 2.24) is 5.32 Å². The average molecular weight is 439 g/mol. The van der Waals surface area contributed by atoms with Crippen LogP contribution in [0.2, 0.25) is 0 Å². The standard InChI is InChI=1S/C23H22N2O5S/c1-16-7-9-18(14-20(16)25-31(27,28)19-5-3-2-4-6-19)23(26)24-15-17-8-10-21-22(13-17)30-12-11-29-21/h2-10,13-14,25H,11-12,15H2,1H3,(H,24,26). The van der Waals surface area contributed by atoms with Crippen LogP contribution in [0.15, 0.2) is 71.6 Å². The highest BCUT2D eigenvalue weighted by Gasteiger charge is 2.17. The van der Waals surface area contributed by atoms with Crippen LogP contribution in [0, 0.1) is 6.92 Å². The summed E-state index contributed by atoms with van der Waals surface area (Å²) >= 11 is 0. The van der Waals surface area contributed by atoms with Crippen molar-refractivity contribution in [2.75, 3.05) is 17.9 Å². The van der Waals surface area contributed by atoms with E-state index in [2.05, 4.69) is 10.0 Å². The molecule has 0 spiro atoms. The van der Waals surface area contributed by atoms with Crippen LogP contribution in [0.1, 0.15) is 21.5 Å². The van der Waals surface area contributed by atoms with Crippen LogP contribution in [-0.4, -0.2) is 27.5 Å². The van der Waals surface area contributed by atoms with Crippen molar-refractivity contribution < 1.29 is 22.7 Å². The summed E-state index contributed by atoms with van der Waals surface area (Å²) in [6.45, 7) is 3.09. The first-order valence-electron chi connectivity index (χ1n) is 9.78.